The van der Waals surface area contributed by atoms with E-state index in [-0.39, 0.29) is 5.91 Å². The zero-order chi connectivity index (χ0) is 14.1. The number of benzene rings is 1. The first-order valence-corrected chi connectivity index (χ1v) is 7.61. The molecule has 0 aliphatic carbocycles. The van der Waals surface area contributed by atoms with Gasteiger partial charge in [-0.15, -0.1) is 0 Å². The minimum Gasteiger partial charge on any atom is -0.339 e. The van der Waals surface area contributed by atoms with E-state index in [0.717, 1.165) is 37.9 Å². The van der Waals surface area contributed by atoms with Crippen molar-refractivity contribution in [3.8, 4) is 0 Å². The highest BCUT2D eigenvalue weighted by Crippen LogP contribution is 2.11. The van der Waals surface area contributed by atoms with Crippen LogP contribution in [0.15, 0.2) is 24.3 Å². The summed E-state index contributed by atoms with van der Waals surface area (Å²) in [6, 6.07) is 8.14. The smallest absolute Gasteiger partial charge is 0.253 e. The van der Waals surface area contributed by atoms with Crippen molar-refractivity contribution in [3.05, 3.63) is 35.4 Å². The summed E-state index contributed by atoms with van der Waals surface area (Å²) in [4.78, 5) is 14.3. The van der Waals surface area contributed by atoms with Crippen LogP contribution in [0.25, 0.3) is 0 Å². The van der Waals surface area contributed by atoms with Crippen LogP contribution in [0.5, 0.6) is 0 Å². The first kappa shape index (κ1) is 15.7. The second-order valence-corrected chi connectivity index (χ2v) is 5.04. The Bertz CT molecular complexity index is 369. The molecule has 1 rings (SSSR count). The highest BCUT2D eigenvalue weighted by molar-refractivity contribution is 5.94. The van der Waals surface area contributed by atoms with E-state index in [2.05, 4.69) is 26.0 Å². The second-order valence-electron chi connectivity index (χ2n) is 5.04. The molecule has 1 aromatic carbocycles. The van der Waals surface area contributed by atoms with E-state index in [4.69, 9.17) is 0 Å². The van der Waals surface area contributed by atoms with Gasteiger partial charge in [0.15, 0.2) is 0 Å². The van der Waals surface area contributed by atoms with Gasteiger partial charge in [0.2, 0.25) is 0 Å². The maximum Gasteiger partial charge on any atom is 0.253 e. The van der Waals surface area contributed by atoms with E-state index in [1.54, 1.807) is 0 Å². The van der Waals surface area contributed by atoms with Crippen LogP contribution >= 0.6 is 0 Å². The Hall–Kier alpha value is -1.31. The first-order chi connectivity index (χ1) is 9.22. The normalized spacial score (nSPS) is 10.5. The molecule has 0 saturated heterocycles. The number of unbranched alkanes of at least 4 members (excludes halogenated alkanes) is 2. The fourth-order valence-electron chi connectivity index (χ4n) is 2.13. The lowest BCUT2D eigenvalue weighted by molar-refractivity contribution is 0.0762. The van der Waals surface area contributed by atoms with Crippen LogP contribution in [0.3, 0.4) is 0 Å². The molecule has 0 aliphatic rings. The van der Waals surface area contributed by atoms with Crippen LogP contribution in [-0.4, -0.2) is 23.9 Å². The van der Waals surface area contributed by atoms with E-state index >= 15 is 0 Å². The predicted octanol–water partition coefficient (Wildman–Crippen LogP) is 4.29. The van der Waals surface area contributed by atoms with Crippen molar-refractivity contribution in [1.29, 1.82) is 0 Å². The molecule has 0 aliphatic heterocycles. The summed E-state index contributed by atoms with van der Waals surface area (Å²) >= 11 is 0. The SMILES string of the molecule is CCCCc1ccc(C(=O)N(CC)CCCC)cc1. The molecule has 1 aromatic rings. The molecule has 0 spiro atoms. The van der Waals surface area contributed by atoms with Gasteiger partial charge in [-0.2, -0.15) is 0 Å². The standard InChI is InChI=1S/C17H27NO/c1-4-7-9-15-10-12-16(13-11-15)17(19)18(6-3)14-8-5-2/h10-13H,4-9,14H2,1-3H3. The Labute approximate surface area is 117 Å². The molecule has 0 bridgehead atoms. The van der Waals surface area contributed by atoms with Crippen LogP contribution < -0.4 is 0 Å². The van der Waals surface area contributed by atoms with E-state index in [9.17, 15) is 4.79 Å². The summed E-state index contributed by atoms with van der Waals surface area (Å²) in [7, 11) is 0. The quantitative estimate of drug-likeness (QED) is 0.683. The lowest BCUT2D eigenvalue weighted by Crippen LogP contribution is -2.31. The molecule has 2 nitrogen and oxygen atoms in total. The largest absolute Gasteiger partial charge is 0.339 e. The maximum absolute atomic E-state index is 12.3. The average molecular weight is 261 g/mol. The van der Waals surface area contributed by atoms with Crippen molar-refractivity contribution < 1.29 is 4.79 Å². The average Bonchev–Trinajstić information content (AvgIpc) is 2.46. The number of amides is 1. The van der Waals surface area contributed by atoms with Gasteiger partial charge in [-0.25, -0.2) is 0 Å². The molecule has 0 unspecified atom stereocenters. The fraction of sp³-hybridized carbons (Fsp3) is 0.588. The highest BCUT2D eigenvalue weighted by atomic mass is 16.2. The van der Waals surface area contributed by atoms with Gasteiger partial charge in [0.05, 0.1) is 0 Å². The zero-order valence-corrected chi connectivity index (χ0v) is 12.6. The van der Waals surface area contributed by atoms with Gasteiger partial charge in [-0.1, -0.05) is 38.8 Å². The van der Waals surface area contributed by atoms with Crippen LogP contribution in [0.4, 0.5) is 0 Å². The first-order valence-electron chi connectivity index (χ1n) is 7.61. The predicted molar refractivity (Wildman–Crippen MR) is 81.5 cm³/mol. The Morgan fingerprint density at radius 2 is 1.63 bits per heavy atom. The van der Waals surface area contributed by atoms with E-state index in [1.165, 1.54) is 18.4 Å². The van der Waals surface area contributed by atoms with Gasteiger partial charge < -0.3 is 4.90 Å². The minimum atomic E-state index is 0.165. The van der Waals surface area contributed by atoms with Crippen molar-refractivity contribution in [3.63, 3.8) is 0 Å². The van der Waals surface area contributed by atoms with Crippen LogP contribution in [0.1, 0.15) is 62.4 Å². The third-order valence-electron chi connectivity index (χ3n) is 3.47. The fourth-order valence-corrected chi connectivity index (χ4v) is 2.13. The van der Waals surface area contributed by atoms with Crippen molar-refractivity contribution in [1.82, 2.24) is 4.90 Å². The third-order valence-corrected chi connectivity index (χ3v) is 3.47. The summed E-state index contributed by atoms with van der Waals surface area (Å²) in [6.07, 6.45) is 5.73. The molecule has 0 heterocycles. The molecule has 106 valence electrons. The topological polar surface area (TPSA) is 20.3 Å². The molecule has 0 radical (unpaired) electrons. The molecule has 0 fully saturated rings. The van der Waals surface area contributed by atoms with Gasteiger partial charge >= 0.3 is 0 Å². The number of nitrogens with zero attached hydrogens (tertiary/aromatic N) is 1. The lowest BCUT2D eigenvalue weighted by Gasteiger charge is -2.20. The molecular weight excluding hydrogens is 234 g/mol. The zero-order valence-electron chi connectivity index (χ0n) is 12.6. The lowest BCUT2D eigenvalue weighted by atomic mass is 10.1. The molecule has 1 amide bonds. The Morgan fingerprint density at radius 1 is 1.00 bits per heavy atom. The second kappa shape index (κ2) is 8.73. The van der Waals surface area contributed by atoms with Crippen molar-refractivity contribution in [2.45, 2.75) is 52.9 Å². The van der Waals surface area contributed by atoms with Crippen LogP contribution in [-0.2, 0) is 6.42 Å². The highest BCUT2D eigenvalue weighted by Gasteiger charge is 2.13. The number of hydrogen-bond acceptors (Lipinski definition) is 1. The number of carbonyl (C=O) groups excluding carboxylic acids is 1. The maximum atomic E-state index is 12.3. The van der Waals surface area contributed by atoms with E-state index in [0.29, 0.717) is 0 Å². The molecule has 0 aromatic heterocycles. The van der Waals surface area contributed by atoms with Gasteiger partial charge in [-0.05, 0) is 43.9 Å². The number of carbonyl (C=O) groups is 1. The van der Waals surface area contributed by atoms with E-state index < -0.39 is 0 Å². The van der Waals surface area contributed by atoms with Gasteiger partial charge in [0, 0.05) is 18.7 Å². The molecule has 0 N–H and O–H groups in total. The molecular formula is C17H27NO. The molecule has 2 heteroatoms. The number of rotatable bonds is 8. The number of hydrogen-bond donors (Lipinski definition) is 0. The Kier molecular flexibility index (Phi) is 7.24. The minimum absolute atomic E-state index is 0.165. The third kappa shape index (κ3) is 5.06. The summed E-state index contributed by atoms with van der Waals surface area (Å²) in [5.74, 6) is 0.165. The molecule has 0 atom stereocenters. The van der Waals surface area contributed by atoms with Gasteiger partial charge in [0.25, 0.3) is 5.91 Å². The summed E-state index contributed by atoms with van der Waals surface area (Å²) < 4.78 is 0. The van der Waals surface area contributed by atoms with Crippen molar-refractivity contribution in [2.24, 2.45) is 0 Å². The molecule has 0 saturated carbocycles. The van der Waals surface area contributed by atoms with Gasteiger partial charge in [-0.3, -0.25) is 4.79 Å². The van der Waals surface area contributed by atoms with Crippen LogP contribution in [0.2, 0.25) is 0 Å². The monoisotopic (exact) mass is 261 g/mol. The van der Waals surface area contributed by atoms with Crippen molar-refractivity contribution in [2.75, 3.05) is 13.1 Å². The summed E-state index contributed by atoms with van der Waals surface area (Å²) in [6.45, 7) is 8.05. The Balaban J connectivity index is 2.65. The van der Waals surface area contributed by atoms with E-state index in [1.807, 2.05) is 24.0 Å². The van der Waals surface area contributed by atoms with Gasteiger partial charge in [0.1, 0.15) is 0 Å². The molecule has 19 heavy (non-hydrogen) atoms. The summed E-state index contributed by atoms with van der Waals surface area (Å²) in [5.41, 5.74) is 2.15. The van der Waals surface area contributed by atoms with Crippen LogP contribution in [0, 0.1) is 0 Å². The summed E-state index contributed by atoms with van der Waals surface area (Å²) in [5, 5.41) is 0. The number of aryl methyl sites for hydroxylation is 1. The Morgan fingerprint density at radius 3 is 2.16 bits per heavy atom. The van der Waals surface area contributed by atoms with Crippen molar-refractivity contribution >= 4 is 5.91 Å².